The van der Waals surface area contributed by atoms with Crippen LogP contribution in [0.2, 0.25) is 0 Å². The number of anilines is 3. The Morgan fingerprint density at radius 1 is 1.13 bits per heavy atom. The van der Waals surface area contributed by atoms with Gasteiger partial charge in [0.05, 0.1) is 31.3 Å². The zero-order valence-electron chi connectivity index (χ0n) is 17.3. The van der Waals surface area contributed by atoms with Crippen LogP contribution in [0.15, 0.2) is 42.5 Å². The molecule has 31 heavy (non-hydrogen) atoms. The number of morpholine rings is 1. The molecule has 2 aliphatic rings. The number of thiol groups is 1. The van der Waals surface area contributed by atoms with Gasteiger partial charge in [0.1, 0.15) is 17.5 Å². The maximum absolute atomic E-state index is 13.1. The Bertz CT molecular complexity index is 980. The number of nitro groups is 1. The van der Waals surface area contributed by atoms with Crippen molar-refractivity contribution in [2.45, 2.75) is 18.5 Å². The van der Waals surface area contributed by atoms with Gasteiger partial charge in [-0.1, -0.05) is 0 Å². The highest BCUT2D eigenvalue weighted by atomic mass is 32.1. The molecule has 2 fully saturated rings. The lowest BCUT2D eigenvalue weighted by atomic mass is 10.2. The van der Waals surface area contributed by atoms with Crippen LogP contribution in [0.3, 0.4) is 0 Å². The highest BCUT2D eigenvalue weighted by Crippen LogP contribution is 2.40. The lowest BCUT2D eigenvalue weighted by Gasteiger charge is -2.31. The summed E-state index contributed by atoms with van der Waals surface area (Å²) in [4.78, 5) is 29.7. The van der Waals surface area contributed by atoms with Gasteiger partial charge in [-0.2, -0.15) is 0 Å². The summed E-state index contributed by atoms with van der Waals surface area (Å²) in [5.74, 6) is 0.0898. The van der Waals surface area contributed by atoms with Crippen LogP contribution in [0, 0.1) is 10.1 Å². The van der Waals surface area contributed by atoms with Crippen molar-refractivity contribution >= 4 is 41.3 Å². The van der Waals surface area contributed by atoms with Crippen molar-refractivity contribution in [2.75, 3.05) is 48.1 Å². The Morgan fingerprint density at radius 3 is 2.39 bits per heavy atom. The fraction of sp³-hybridized carbons (Fsp3) is 0.381. The zero-order chi connectivity index (χ0) is 22.1. The first kappa shape index (κ1) is 21.3. The van der Waals surface area contributed by atoms with Gasteiger partial charge >= 0.3 is 0 Å². The summed E-state index contributed by atoms with van der Waals surface area (Å²) in [5, 5.41) is 11.6. The van der Waals surface area contributed by atoms with E-state index in [2.05, 4.69) is 17.5 Å². The van der Waals surface area contributed by atoms with Gasteiger partial charge in [0, 0.05) is 24.5 Å². The van der Waals surface area contributed by atoms with Crippen LogP contribution in [0.1, 0.15) is 6.92 Å². The highest BCUT2D eigenvalue weighted by Gasteiger charge is 2.45. The minimum Gasteiger partial charge on any atom is -0.496 e. The monoisotopic (exact) mass is 444 g/mol. The van der Waals surface area contributed by atoms with Crippen LogP contribution < -0.4 is 19.4 Å². The van der Waals surface area contributed by atoms with Crippen LogP contribution in [0.25, 0.3) is 0 Å². The molecule has 1 amide bonds. The van der Waals surface area contributed by atoms with E-state index in [1.165, 1.54) is 24.1 Å². The van der Waals surface area contributed by atoms with Gasteiger partial charge in [0.25, 0.3) is 11.6 Å². The maximum Gasteiger partial charge on any atom is 0.296 e. The van der Waals surface area contributed by atoms with Gasteiger partial charge in [0.2, 0.25) is 0 Å². The van der Waals surface area contributed by atoms with E-state index < -0.39 is 16.5 Å². The Balaban J connectivity index is 1.63. The van der Waals surface area contributed by atoms with E-state index in [4.69, 9.17) is 9.47 Å². The zero-order valence-corrected chi connectivity index (χ0v) is 18.2. The predicted molar refractivity (Wildman–Crippen MR) is 121 cm³/mol. The Hall–Kier alpha value is -2.98. The number of nitro benzene ring substituents is 1. The van der Waals surface area contributed by atoms with Crippen LogP contribution in [0.4, 0.5) is 22.7 Å². The molecule has 2 aliphatic heterocycles. The van der Waals surface area contributed by atoms with E-state index in [-0.39, 0.29) is 17.3 Å². The second-order valence-electron chi connectivity index (χ2n) is 7.37. The lowest BCUT2D eigenvalue weighted by Crippen LogP contribution is -2.37. The van der Waals surface area contributed by atoms with Crippen LogP contribution >= 0.6 is 12.6 Å². The maximum atomic E-state index is 13.1. The molecule has 2 aromatic carbocycles. The van der Waals surface area contributed by atoms with Crippen molar-refractivity contribution in [1.29, 1.82) is 0 Å². The molecule has 0 saturated carbocycles. The topological polar surface area (TPSA) is 88.4 Å². The number of hydrogen-bond acceptors (Lipinski definition) is 8. The Kier molecular flexibility index (Phi) is 5.92. The molecule has 164 valence electrons. The highest BCUT2D eigenvalue weighted by molar-refractivity contribution is 7.81. The van der Waals surface area contributed by atoms with Crippen molar-refractivity contribution in [1.82, 2.24) is 0 Å². The van der Waals surface area contributed by atoms with Gasteiger partial charge < -0.3 is 19.3 Å². The Morgan fingerprint density at radius 2 is 1.77 bits per heavy atom. The number of carbonyl (C=O) groups excluding carboxylic acids is 1. The minimum absolute atomic E-state index is 0.190. The van der Waals surface area contributed by atoms with Crippen molar-refractivity contribution in [3.63, 3.8) is 0 Å². The molecule has 0 aliphatic carbocycles. The van der Waals surface area contributed by atoms with E-state index in [0.29, 0.717) is 19.0 Å². The van der Waals surface area contributed by atoms with Gasteiger partial charge in [-0.15, -0.1) is 12.6 Å². The first-order chi connectivity index (χ1) is 14.9. The van der Waals surface area contributed by atoms with Gasteiger partial charge in [-0.25, -0.2) is 0 Å². The number of rotatable bonds is 5. The predicted octanol–water partition coefficient (Wildman–Crippen LogP) is 2.90. The first-order valence-electron chi connectivity index (χ1n) is 9.97. The fourth-order valence-corrected chi connectivity index (χ4v) is 4.57. The van der Waals surface area contributed by atoms with Crippen LogP contribution in [0.5, 0.6) is 5.75 Å². The van der Waals surface area contributed by atoms with Gasteiger partial charge in [-0.05, 0) is 43.3 Å². The number of nitrogens with zero attached hydrogens (tertiary/aromatic N) is 4. The molecule has 9 nitrogen and oxygen atoms in total. The second-order valence-corrected chi connectivity index (χ2v) is 7.83. The summed E-state index contributed by atoms with van der Waals surface area (Å²) in [6, 6.07) is 11.8. The summed E-state index contributed by atoms with van der Waals surface area (Å²) in [7, 11) is 1.44. The third kappa shape index (κ3) is 3.88. The molecule has 4 rings (SSSR count). The molecule has 2 heterocycles. The van der Waals surface area contributed by atoms with E-state index in [9.17, 15) is 14.9 Å². The minimum atomic E-state index is -0.691. The van der Waals surface area contributed by atoms with E-state index in [1.54, 1.807) is 13.0 Å². The molecule has 2 saturated heterocycles. The summed E-state index contributed by atoms with van der Waals surface area (Å²) in [6.07, 6.45) is 0. The number of methoxy groups -OCH3 is 1. The number of carbonyl (C=O) groups is 1. The molecule has 10 heteroatoms. The summed E-state index contributed by atoms with van der Waals surface area (Å²) < 4.78 is 10.5. The smallest absolute Gasteiger partial charge is 0.296 e. The second kappa shape index (κ2) is 8.64. The van der Waals surface area contributed by atoms with E-state index in [1.807, 2.05) is 29.2 Å². The van der Waals surface area contributed by atoms with Crippen molar-refractivity contribution in [3.05, 3.63) is 52.6 Å². The molecule has 2 atom stereocenters. The van der Waals surface area contributed by atoms with Crippen LogP contribution in [-0.4, -0.2) is 55.8 Å². The number of hydrogen-bond donors (Lipinski definition) is 1. The molecule has 0 bridgehead atoms. The van der Waals surface area contributed by atoms with E-state index in [0.717, 1.165) is 24.5 Å². The third-order valence-electron chi connectivity index (χ3n) is 5.65. The lowest BCUT2D eigenvalue weighted by molar-refractivity contribution is -0.384. The number of benzene rings is 2. The normalized spacial score (nSPS) is 21.5. The molecule has 2 aromatic rings. The molecule has 0 spiro atoms. The van der Waals surface area contributed by atoms with Gasteiger partial charge in [-0.3, -0.25) is 19.8 Å². The van der Waals surface area contributed by atoms with Crippen LogP contribution in [-0.2, 0) is 9.53 Å². The summed E-state index contributed by atoms with van der Waals surface area (Å²) in [5.41, 5.74) is 1.20. The summed E-state index contributed by atoms with van der Waals surface area (Å²) >= 11 is 4.67. The average Bonchev–Trinajstić information content (AvgIpc) is 3.02. The molecule has 0 radical (unpaired) electrons. The van der Waals surface area contributed by atoms with Crippen molar-refractivity contribution in [3.8, 4) is 5.75 Å². The largest absolute Gasteiger partial charge is 0.496 e. The molecular weight excluding hydrogens is 420 g/mol. The van der Waals surface area contributed by atoms with E-state index >= 15 is 0 Å². The third-order valence-corrected chi connectivity index (χ3v) is 6.13. The Labute approximate surface area is 185 Å². The van der Waals surface area contributed by atoms with Gasteiger partial charge in [0.15, 0.2) is 5.50 Å². The standard InChI is InChI=1S/C21H24N4O5S/c1-14-20(26)24(18-8-7-17(29-2)13-19(18)25(27)28)21(31)23(14)16-5-3-15(4-6-16)22-9-11-30-12-10-22/h3-8,13-14,21,31H,9-12H2,1-2H3. The average molecular weight is 445 g/mol. The first-order valence-corrected chi connectivity index (χ1v) is 10.5. The number of amides is 1. The molecular formula is C21H24N4O5S. The number of ether oxygens (including phenoxy) is 2. The summed E-state index contributed by atoms with van der Waals surface area (Å²) in [6.45, 7) is 4.85. The molecule has 0 aromatic heterocycles. The van der Waals surface area contributed by atoms with Crippen molar-refractivity contribution < 1.29 is 19.2 Å². The molecule has 2 unspecified atom stereocenters. The SMILES string of the molecule is COc1ccc(N2C(=O)C(C)N(c3ccc(N4CCOCC4)cc3)C2S)c([N+](=O)[O-])c1. The fourth-order valence-electron chi connectivity index (χ4n) is 4.00. The molecule has 0 N–H and O–H groups in total. The van der Waals surface area contributed by atoms with Crippen molar-refractivity contribution in [2.24, 2.45) is 0 Å². The quantitative estimate of drug-likeness (QED) is 0.431.